The van der Waals surface area contributed by atoms with Crippen LogP contribution >= 0.6 is 0 Å². The monoisotopic (exact) mass is 229 g/mol. The molecule has 0 saturated carbocycles. The highest BCUT2D eigenvalue weighted by molar-refractivity contribution is 5.76. The molecule has 1 saturated heterocycles. The van der Waals surface area contributed by atoms with Crippen LogP contribution in [0.5, 0.6) is 0 Å². The van der Waals surface area contributed by atoms with Crippen LogP contribution in [0.25, 0.3) is 0 Å². The van der Waals surface area contributed by atoms with Gasteiger partial charge in [-0.05, 0) is 25.7 Å². The Morgan fingerprint density at radius 2 is 1.94 bits per heavy atom. The maximum atomic E-state index is 11.7. The van der Waals surface area contributed by atoms with E-state index < -0.39 is 12.1 Å². The van der Waals surface area contributed by atoms with Crippen LogP contribution in [-0.4, -0.2) is 46.2 Å². The van der Waals surface area contributed by atoms with Crippen molar-refractivity contribution < 1.29 is 19.8 Å². The van der Waals surface area contributed by atoms with Gasteiger partial charge in [-0.2, -0.15) is 0 Å². The van der Waals surface area contributed by atoms with Crippen molar-refractivity contribution in [3.8, 4) is 0 Å². The lowest BCUT2D eigenvalue weighted by Gasteiger charge is -2.30. The van der Waals surface area contributed by atoms with E-state index >= 15 is 0 Å². The van der Waals surface area contributed by atoms with Crippen molar-refractivity contribution in [2.45, 2.75) is 44.6 Å². The summed E-state index contributed by atoms with van der Waals surface area (Å²) < 4.78 is 0. The average molecular weight is 229 g/mol. The molecule has 1 fully saturated rings. The summed E-state index contributed by atoms with van der Waals surface area (Å²) in [5, 5.41) is 17.8. The Bertz CT molecular complexity index is 254. The molecule has 5 heteroatoms. The third-order valence-electron chi connectivity index (χ3n) is 2.78. The van der Waals surface area contributed by atoms with Crippen LogP contribution in [0.4, 0.5) is 0 Å². The van der Waals surface area contributed by atoms with Gasteiger partial charge in [-0.1, -0.05) is 0 Å². The van der Waals surface area contributed by atoms with Gasteiger partial charge in [0, 0.05) is 25.9 Å². The Labute approximate surface area is 95.1 Å². The van der Waals surface area contributed by atoms with Gasteiger partial charge in [0.1, 0.15) is 0 Å². The molecule has 0 spiro atoms. The summed E-state index contributed by atoms with van der Waals surface area (Å²) in [5.41, 5.74) is 0. The molecule has 0 aromatic carbocycles. The summed E-state index contributed by atoms with van der Waals surface area (Å²) in [6.07, 6.45) is 2.88. The van der Waals surface area contributed by atoms with Crippen molar-refractivity contribution in [2.75, 3.05) is 13.1 Å². The van der Waals surface area contributed by atoms with E-state index in [1.54, 1.807) is 4.90 Å². The van der Waals surface area contributed by atoms with Crippen LogP contribution in [0.15, 0.2) is 0 Å². The fraction of sp³-hybridized carbons (Fsp3) is 0.818. The van der Waals surface area contributed by atoms with Crippen LogP contribution in [0.1, 0.15) is 38.5 Å². The molecule has 1 amide bonds. The van der Waals surface area contributed by atoms with Crippen LogP contribution < -0.4 is 0 Å². The predicted octanol–water partition coefficient (Wildman–Crippen LogP) is 0.615. The fourth-order valence-electron chi connectivity index (χ4n) is 1.89. The number of aliphatic hydroxyl groups is 1. The molecule has 16 heavy (non-hydrogen) atoms. The first-order valence-electron chi connectivity index (χ1n) is 5.77. The normalized spacial score (nSPS) is 20.8. The maximum Gasteiger partial charge on any atom is 0.303 e. The van der Waals surface area contributed by atoms with Gasteiger partial charge in [0.25, 0.3) is 0 Å². The van der Waals surface area contributed by atoms with Gasteiger partial charge >= 0.3 is 5.97 Å². The lowest BCUT2D eigenvalue weighted by Crippen LogP contribution is -2.42. The number of hydrogen-bond donors (Lipinski definition) is 2. The van der Waals surface area contributed by atoms with E-state index in [0.717, 1.165) is 19.4 Å². The smallest absolute Gasteiger partial charge is 0.303 e. The molecule has 92 valence electrons. The SMILES string of the molecule is O=C(O)CCCCC(=O)N1CCC[C@H](O)C1. The summed E-state index contributed by atoms with van der Waals surface area (Å²) >= 11 is 0. The van der Waals surface area contributed by atoms with Crippen LogP contribution in [0.3, 0.4) is 0 Å². The molecule has 0 unspecified atom stereocenters. The van der Waals surface area contributed by atoms with Crippen molar-refractivity contribution in [3.05, 3.63) is 0 Å². The minimum Gasteiger partial charge on any atom is -0.481 e. The van der Waals surface area contributed by atoms with E-state index in [1.165, 1.54) is 0 Å². The van der Waals surface area contributed by atoms with E-state index in [0.29, 0.717) is 25.8 Å². The molecule has 1 atom stereocenters. The largest absolute Gasteiger partial charge is 0.481 e. The van der Waals surface area contributed by atoms with Crippen molar-refractivity contribution in [2.24, 2.45) is 0 Å². The summed E-state index contributed by atoms with van der Waals surface area (Å²) in [5.74, 6) is -0.787. The van der Waals surface area contributed by atoms with E-state index in [2.05, 4.69) is 0 Å². The van der Waals surface area contributed by atoms with Crippen LogP contribution in [0, 0.1) is 0 Å². The molecular weight excluding hydrogens is 210 g/mol. The number of rotatable bonds is 5. The van der Waals surface area contributed by atoms with Crippen LogP contribution in [0.2, 0.25) is 0 Å². The Hall–Kier alpha value is -1.10. The average Bonchev–Trinajstić information content (AvgIpc) is 2.24. The number of carboxylic acids is 1. The molecule has 0 aliphatic carbocycles. The molecule has 2 N–H and O–H groups in total. The second-order valence-electron chi connectivity index (χ2n) is 4.24. The molecule has 1 aliphatic heterocycles. The third kappa shape index (κ3) is 4.61. The fourth-order valence-corrected chi connectivity index (χ4v) is 1.89. The Morgan fingerprint density at radius 3 is 2.56 bits per heavy atom. The first kappa shape index (κ1) is 13.0. The molecule has 0 aromatic heterocycles. The lowest BCUT2D eigenvalue weighted by molar-refractivity contribution is -0.138. The first-order chi connectivity index (χ1) is 7.59. The molecule has 1 aliphatic rings. The van der Waals surface area contributed by atoms with Gasteiger partial charge in [-0.15, -0.1) is 0 Å². The number of aliphatic hydroxyl groups excluding tert-OH is 1. The molecule has 0 aromatic rings. The number of amides is 1. The van der Waals surface area contributed by atoms with E-state index in [1.807, 2.05) is 0 Å². The van der Waals surface area contributed by atoms with Crippen molar-refractivity contribution in [3.63, 3.8) is 0 Å². The third-order valence-corrected chi connectivity index (χ3v) is 2.78. The predicted molar refractivity (Wildman–Crippen MR) is 57.9 cm³/mol. The molecule has 0 bridgehead atoms. The second kappa shape index (κ2) is 6.48. The molecule has 1 heterocycles. The van der Waals surface area contributed by atoms with Gasteiger partial charge in [0.2, 0.25) is 5.91 Å². The number of likely N-dealkylation sites (tertiary alicyclic amines) is 1. The molecule has 0 radical (unpaired) electrons. The number of aliphatic carboxylic acids is 1. The van der Waals surface area contributed by atoms with E-state index in [9.17, 15) is 14.7 Å². The number of carboxylic acid groups (broad SMARTS) is 1. The van der Waals surface area contributed by atoms with E-state index in [-0.39, 0.29) is 12.3 Å². The number of carbonyl (C=O) groups excluding carboxylic acids is 1. The summed E-state index contributed by atoms with van der Waals surface area (Å²) in [7, 11) is 0. The number of piperidine rings is 1. The summed E-state index contributed by atoms with van der Waals surface area (Å²) in [4.78, 5) is 23.6. The van der Waals surface area contributed by atoms with Crippen molar-refractivity contribution in [1.82, 2.24) is 4.90 Å². The highest BCUT2D eigenvalue weighted by Gasteiger charge is 2.21. The quantitative estimate of drug-likeness (QED) is 0.677. The summed E-state index contributed by atoms with van der Waals surface area (Å²) in [6.45, 7) is 1.15. The van der Waals surface area contributed by atoms with Gasteiger partial charge in [-0.3, -0.25) is 9.59 Å². The number of nitrogens with zero attached hydrogens (tertiary/aromatic N) is 1. The van der Waals surface area contributed by atoms with Crippen LogP contribution in [-0.2, 0) is 9.59 Å². The number of hydrogen-bond acceptors (Lipinski definition) is 3. The van der Waals surface area contributed by atoms with Gasteiger partial charge in [0.05, 0.1) is 6.10 Å². The number of β-amino-alcohol motifs (C(OH)–C–C–N with tert-alkyl or cyclic N) is 1. The second-order valence-corrected chi connectivity index (χ2v) is 4.24. The zero-order valence-electron chi connectivity index (χ0n) is 9.39. The Morgan fingerprint density at radius 1 is 1.25 bits per heavy atom. The van der Waals surface area contributed by atoms with Gasteiger partial charge in [0.15, 0.2) is 0 Å². The Balaban J connectivity index is 2.16. The zero-order valence-corrected chi connectivity index (χ0v) is 9.39. The standard InChI is InChI=1S/C11H19NO4/c13-9-4-3-7-12(8-9)10(14)5-1-2-6-11(15)16/h9,13H,1-8H2,(H,15,16)/t9-/m0/s1. The topological polar surface area (TPSA) is 77.8 Å². The van der Waals surface area contributed by atoms with Gasteiger partial charge < -0.3 is 15.1 Å². The lowest BCUT2D eigenvalue weighted by atomic mass is 10.1. The molecular formula is C11H19NO4. The van der Waals surface area contributed by atoms with Crippen molar-refractivity contribution >= 4 is 11.9 Å². The first-order valence-corrected chi connectivity index (χ1v) is 5.77. The molecule has 5 nitrogen and oxygen atoms in total. The van der Waals surface area contributed by atoms with Gasteiger partial charge in [-0.25, -0.2) is 0 Å². The maximum absolute atomic E-state index is 11.7. The van der Waals surface area contributed by atoms with E-state index in [4.69, 9.17) is 5.11 Å². The minimum absolute atomic E-state index is 0.0316. The number of unbranched alkanes of at least 4 members (excludes halogenated alkanes) is 1. The highest BCUT2D eigenvalue weighted by atomic mass is 16.4. The number of carbonyl (C=O) groups is 2. The Kier molecular flexibility index (Phi) is 5.25. The summed E-state index contributed by atoms with van der Waals surface area (Å²) in [6, 6.07) is 0. The highest BCUT2D eigenvalue weighted by Crippen LogP contribution is 2.12. The molecule has 1 rings (SSSR count). The zero-order chi connectivity index (χ0) is 12.0. The van der Waals surface area contributed by atoms with Crippen molar-refractivity contribution in [1.29, 1.82) is 0 Å². The minimum atomic E-state index is -0.819.